The zero-order valence-electron chi connectivity index (χ0n) is 17.6. The van der Waals surface area contributed by atoms with E-state index in [2.05, 4.69) is 0 Å². The fourth-order valence-electron chi connectivity index (χ4n) is 4.04. The third kappa shape index (κ3) is 9.24. The van der Waals surface area contributed by atoms with Crippen molar-refractivity contribution in [3.05, 3.63) is 44.6 Å². The van der Waals surface area contributed by atoms with E-state index in [1.54, 1.807) is 6.08 Å². The summed E-state index contributed by atoms with van der Waals surface area (Å²) in [5.74, 6) is -0.575. The molecule has 174 valence electrons. The Hall–Kier alpha value is -0.890. The number of aliphatic hydroxyl groups is 3. The van der Waals surface area contributed by atoms with E-state index in [4.69, 9.17) is 28.9 Å². The number of aliphatic hydroxyl groups excluding tert-OH is 3. The third-order valence-corrected chi connectivity index (χ3v) is 7.33. The topological polar surface area (TPSA) is 104 Å². The molecule has 1 aliphatic carbocycles. The van der Waals surface area contributed by atoms with Gasteiger partial charge in [-0.15, -0.1) is 11.3 Å². The Bertz CT molecular complexity index is 752. The van der Waals surface area contributed by atoms with Crippen molar-refractivity contribution in [1.82, 2.24) is 0 Å². The van der Waals surface area contributed by atoms with Crippen LogP contribution in [0.4, 0.5) is 0 Å². The molecule has 1 heterocycles. The Labute approximate surface area is 198 Å². The van der Waals surface area contributed by atoms with Gasteiger partial charge in [0.1, 0.15) is 0 Å². The van der Waals surface area contributed by atoms with E-state index in [0.717, 1.165) is 35.6 Å². The highest BCUT2D eigenvalue weighted by molar-refractivity contribution is 7.20. The van der Waals surface area contributed by atoms with Gasteiger partial charge in [0.25, 0.3) is 0 Å². The van der Waals surface area contributed by atoms with Gasteiger partial charge in [-0.1, -0.05) is 53.9 Å². The maximum Gasteiger partial charge on any atom is 0.217 e. The summed E-state index contributed by atoms with van der Waals surface area (Å²) in [6.45, 7) is 0. The van der Waals surface area contributed by atoms with E-state index >= 15 is 0 Å². The van der Waals surface area contributed by atoms with E-state index in [-0.39, 0.29) is 17.7 Å². The molecule has 0 aromatic carbocycles. The van der Waals surface area contributed by atoms with Crippen molar-refractivity contribution in [3.63, 3.8) is 0 Å². The van der Waals surface area contributed by atoms with Gasteiger partial charge in [0, 0.05) is 18.8 Å². The van der Waals surface area contributed by atoms with Crippen molar-refractivity contribution in [3.8, 4) is 0 Å². The second-order valence-corrected chi connectivity index (χ2v) is 10.5. The first-order chi connectivity index (χ1) is 14.8. The number of carbonyl (C=O) groups excluding carboxylic acids is 1. The Morgan fingerprint density at radius 3 is 2.68 bits per heavy atom. The van der Waals surface area contributed by atoms with Crippen LogP contribution in [0.5, 0.6) is 0 Å². The number of nitrogens with two attached hydrogens (primary N) is 1. The first-order valence-corrected chi connectivity index (χ1v) is 12.4. The van der Waals surface area contributed by atoms with Crippen LogP contribution in [-0.4, -0.2) is 39.5 Å². The number of aryl methyl sites for hydroxylation is 1. The second kappa shape index (κ2) is 13.6. The lowest BCUT2D eigenvalue weighted by molar-refractivity contribution is -0.118. The summed E-state index contributed by atoms with van der Waals surface area (Å²) in [6.07, 6.45) is 11.8. The molecule has 5 nitrogen and oxygen atoms in total. The number of halogens is 2. The van der Waals surface area contributed by atoms with Crippen LogP contribution >= 0.6 is 34.5 Å². The quantitative estimate of drug-likeness (QED) is 0.239. The van der Waals surface area contributed by atoms with E-state index < -0.39 is 18.3 Å². The fraction of sp³-hybridized carbons (Fsp3) is 0.609. The van der Waals surface area contributed by atoms with Crippen molar-refractivity contribution >= 4 is 40.4 Å². The van der Waals surface area contributed by atoms with Crippen molar-refractivity contribution in [2.75, 3.05) is 0 Å². The number of thiophene rings is 1. The average Bonchev–Trinajstić information content (AvgIpc) is 3.16. The Morgan fingerprint density at radius 2 is 2.00 bits per heavy atom. The van der Waals surface area contributed by atoms with Crippen molar-refractivity contribution in [2.24, 2.45) is 17.6 Å². The first kappa shape index (κ1) is 26.4. The van der Waals surface area contributed by atoms with Gasteiger partial charge < -0.3 is 21.1 Å². The largest absolute Gasteiger partial charge is 0.393 e. The summed E-state index contributed by atoms with van der Waals surface area (Å²) in [6, 6.07) is 1.89. The predicted molar refractivity (Wildman–Crippen MR) is 127 cm³/mol. The van der Waals surface area contributed by atoms with Crippen LogP contribution in [0.3, 0.4) is 0 Å². The highest BCUT2D eigenvalue weighted by atomic mass is 35.5. The Morgan fingerprint density at radius 1 is 1.23 bits per heavy atom. The van der Waals surface area contributed by atoms with Crippen LogP contribution in [0.15, 0.2) is 30.4 Å². The minimum absolute atomic E-state index is 0.0867. The number of unbranched alkanes of at least 4 members (excludes halogenated alkanes) is 2. The number of carbonyl (C=O) groups is 1. The molecule has 1 amide bonds. The van der Waals surface area contributed by atoms with Crippen LogP contribution < -0.4 is 5.73 Å². The van der Waals surface area contributed by atoms with E-state index in [1.165, 1.54) is 11.3 Å². The molecule has 31 heavy (non-hydrogen) atoms. The predicted octanol–water partition coefficient (Wildman–Crippen LogP) is 4.64. The molecular formula is C23H33Cl2NO4S. The molecule has 0 saturated heterocycles. The molecule has 0 aliphatic heterocycles. The van der Waals surface area contributed by atoms with Crippen LogP contribution in [0, 0.1) is 11.8 Å². The highest BCUT2D eigenvalue weighted by Gasteiger charge is 2.39. The minimum atomic E-state index is -0.614. The summed E-state index contributed by atoms with van der Waals surface area (Å²) in [5, 5.41) is 30.9. The molecule has 1 fully saturated rings. The number of rotatable bonds is 13. The number of allylic oxidation sites excluding steroid dienone is 2. The summed E-state index contributed by atoms with van der Waals surface area (Å²) in [4.78, 5) is 10.8. The SMILES string of the molecule is NC(=O)CCC/C=C\C[C@@H]1[C@@H](/C=C/[C@@H](O)CCCCc2cc(Cl)sc2Cl)[C@H](O)C[C@@H]1O. The maximum atomic E-state index is 10.8. The lowest BCUT2D eigenvalue weighted by Gasteiger charge is -2.19. The number of hydrogen-bond acceptors (Lipinski definition) is 5. The molecule has 0 unspecified atom stereocenters. The molecule has 1 aromatic rings. The van der Waals surface area contributed by atoms with Gasteiger partial charge in [0.05, 0.1) is 27.0 Å². The van der Waals surface area contributed by atoms with E-state index in [9.17, 15) is 20.1 Å². The number of amides is 1. The number of hydrogen-bond donors (Lipinski definition) is 4. The van der Waals surface area contributed by atoms with Gasteiger partial charge in [-0.25, -0.2) is 0 Å². The molecule has 1 saturated carbocycles. The molecule has 2 rings (SSSR count). The van der Waals surface area contributed by atoms with Gasteiger partial charge in [-0.05, 0) is 56.1 Å². The van der Waals surface area contributed by atoms with E-state index in [1.807, 2.05) is 24.3 Å². The Balaban J connectivity index is 1.74. The van der Waals surface area contributed by atoms with Gasteiger partial charge >= 0.3 is 0 Å². The molecule has 0 bridgehead atoms. The van der Waals surface area contributed by atoms with Crippen LogP contribution in [0.2, 0.25) is 8.67 Å². The van der Waals surface area contributed by atoms with Crippen LogP contribution in [-0.2, 0) is 11.2 Å². The standard InChI is InChI=1S/C23H33Cl2NO4S/c24-21-13-15(23(25)31-21)7-5-6-8-16(27)11-12-18-17(19(28)14-20(18)29)9-3-1-2-4-10-22(26)30/h1,3,11-13,16-20,27-29H,2,4-10,14H2,(H2,26,30)/b3-1-,12-11+/t16-,17+,18+,19-,20+/m0/s1. The molecule has 1 aliphatic rings. The summed E-state index contributed by atoms with van der Waals surface area (Å²) in [5.41, 5.74) is 6.18. The van der Waals surface area contributed by atoms with E-state index in [0.29, 0.717) is 36.4 Å². The molecule has 8 heteroatoms. The first-order valence-electron chi connectivity index (χ1n) is 10.9. The molecule has 5 atom stereocenters. The van der Waals surface area contributed by atoms with Gasteiger partial charge in [0.15, 0.2) is 0 Å². The lowest BCUT2D eigenvalue weighted by atomic mass is 9.89. The monoisotopic (exact) mass is 489 g/mol. The summed E-state index contributed by atoms with van der Waals surface area (Å²) < 4.78 is 1.42. The van der Waals surface area contributed by atoms with Crippen molar-refractivity contribution < 1.29 is 20.1 Å². The Kier molecular flexibility index (Phi) is 11.6. The van der Waals surface area contributed by atoms with Gasteiger partial charge in [-0.3, -0.25) is 4.79 Å². The van der Waals surface area contributed by atoms with Gasteiger partial charge in [-0.2, -0.15) is 0 Å². The fourth-order valence-corrected chi connectivity index (χ4v) is 5.58. The minimum Gasteiger partial charge on any atom is -0.393 e. The van der Waals surface area contributed by atoms with Crippen LogP contribution in [0.25, 0.3) is 0 Å². The normalized spacial score (nSPS) is 25.1. The van der Waals surface area contributed by atoms with Crippen molar-refractivity contribution in [1.29, 1.82) is 0 Å². The summed E-state index contributed by atoms with van der Waals surface area (Å²) in [7, 11) is 0. The van der Waals surface area contributed by atoms with Crippen molar-refractivity contribution in [2.45, 2.75) is 76.1 Å². The maximum absolute atomic E-state index is 10.8. The smallest absolute Gasteiger partial charge is 0.217 e. The van der Waals surface area contributed by atoms with Gasteiger partial charge in [0.2, 0.25) is 5.91 Å². The average molecular weight is 490 g/mol. The molecule has 0 radical (unpaired) electrons. The molecule has 0 spiro atoms. The zero-order valence-corrected chi connectivity index (χ0v) is 20.0. The number of primary amides is 1. The van der Waals surface area contributed by atoms with Crippen LogP contribution in [0.1, 0.15) is 56.9 Å². The molecule has 1 aromatic heterocycles. The lowest BCUT2D eigenvalue weighted by Crippen LogP contribution is -2.20. The molecule has 5 N–H and O–H groups in total. The second-order valence-electron chi connectivity index (χ2n) is 8.22. The molecular weight excluding hydrogens is 457 g/mol. The highest BCUT2D eigenvalue weighted by Crippen LogP contribution is 2.36. The zero-order chi connectivity index (χ0) is 22.8. The third-order valence-electron chi connectivity index (χ3n) is 5.76. The summed E-state index contributed by atoms with van der Waals surface area (Å²) >= 11 is 13.5.